The van der Waals surface area contributed by atoms with E-state index in [1.54, 1.807) is 14.7 Å². The largest absolute Gasteiger partial charge is 0.480 e. The molecule has 0 atom stereocenters. The topological polar surface area (TPSA) is 154 Å². The van der Waals surface area contributed by atoms with E-state index < -0.39 is 17.9 Å². The summed E-state index contributed by atoms with van der Waals surface area (Å²) in [4.78, 5) is 53.1. The van der Waals surface area contributed by atoms with Crippen LogP contribution in [0, 0.1) is 12.3 Å². The van der Waals surface area contributed by atoms with Crippen molar-refractivity contribution >= 4 is 23.8 Å². The van der Waals surface area contributed by atoms with Crippen LogP contribution in [0.1, 0.15) is 12.8 Å². The first-order valence-electron chi connectivity index (χ1n) is 10.9. The van der Waals surface area contributed by atoms with Crippen LogP contribution in [-0.4, -0.2) is 144 Å². The van der Waals surface area contributed by atoms with Gasteiger partial charge in [0.05, 0.1) is 26.2 Å². The Bertz CT molecular complexity index is 665. The number of carbonyl (C=O) groups is 4. The molecule has 0 aromatic rings. The summed E-state index contributed by atoms with van der Waals surface area (Å²) in [5.41, 5.74) is 0. The molecule has 1 aliphatic rings. The first-order chi connectivity index (χ1) is 15.7. The third-order valence-electron chi connectivity index (χ3n) is 5.19. The maximum absolute atomic E-state index is 12.3. The van der Waals surface area contributed by atoms with E-state index in [1.807, 2.05) is 4.90 Å². The zero-order valence-electron chi connectivity index (χ0n) is 18.9. The molecule has 0 radical (unpaired) electrons. The van der Waals surface area contributed by atoms with Gasteiger partial charge in [-0.1, -0.05) is 0 Å². The summed E-state index contributed by atoms with van der Waals surface area (Å²) in [6.45, 7) is 2.85. The van der Waals surface area contributed by atoms with Gasteiger partial charge in [0.25, 0.3) is 0 Å². The standard InChI is InChI=1S/C21H35N5O7/c1-2-3-4-5-22-18(27)14-23-6-8-24(15-19(28)29)10-12-26(17-21(32)33)13-11-25(9-7-23)16-20(30)31/h1H,3-17H2,(H,22,27)(H,28,29)(H,30,31)(H,32,33). The molecule has 1 saturated heterocycles. The number of carboxylic acids is 3. The molecule has 33 heavy (non-hydrogen) atoms. The fourth-order valence-corrected chi connectivity index (χ4v) is 3.46. The lowest BCUT2D eigenvalue weighted by molar-refractivity contribution is -0.140. The van der Waals surface area contributed by atoms with E-state index >= 15 is 0 Å². The monoisotopic (exact) mass is 469 g/mol. The Morgan fingerprint density at radius 1 is 0.667 bits per heavy atom. The molecule has 0 spiro atoms. The van der Waals surface area contributed by atoms with E-state index in [4.69, 9.17) is 6.42 Å². The summed E-state index contributed by atoms with van der Waals surface area (Å²) >= 11 is 0. The predicted molar refractivity (Wildman–Crippen MR) is 120 cm³/mol. The fraction of sp³-hybridized carbons (Fsp3) is 0.714. The number of hydrogen-bond acceptors (Lipinski definition) is 8. The van der Waals surface area contributed by atoms with Crippen molar-refractivity contribution in [3.63, 3.8) is 0 Å². The minimum absolute atomic E-state index is 0.100. The second-order valence-electron chi connectivity index (χ2n) is 7.94. The van der Waals surface area contributed by atoms with Crippen LogP contribution in [0.5, 0.6) is 0 Å². The highest BCUT2D eigenvalue weighted by Gasteiger charge is 2.20. The van der Waals surface area contributed by atoms with Gasteiger partial charge < -0.3 is 20.6 Å². The van der Waals surface area contributed by atoms with Gasteiger partial charge in [-0.15, -0.1) is 12.3 Å². The molecule has 1 heterocycles. The van der Waals surface area contributed by atoms with Crippen LogP contribution >= 0.6 is 0 Å². The molecule has 4 N–H and O–H groups in total. The van der Waals surface area contributed by atoms with Crippen LogP contribution in [0.15, 0.2) is 0 Å². The molecule has 186 valence electrons. The van der Waals surface area contributed by atoms with Crippen molar-refractivity contribution in [1.82, 2.24) is 24.9 Å². The quantitative estimate of drug-likeness (QED) is 0.196. The van der Waals surface area contributed by atoms with Crippen molar-refractivity contribution in [2.45, 2.75) is 12.8 Å². The van der Waals surface area contributed by atoms with E-state index in [0.29, 0.717) is 71.7 Å². The third kappa shape index (κ3) is 14.1. The summed E-state index contributed by atoms with van der Waals surface area (Å²) < 4.78 is 0. The fourth-order valence-electron chi connectivity index (χ4n) is 3.46. The minimum Gasteiger partial charge on any atom is -0.480 e. The molecule has 1 aliphatic heterocycles. The lowest BCUT2D eigenvalue weighted by Gasteiger charge is -2.32. The van der Waals surface area contributed by atoms with E-state index in [1.165, 1.54) is 0 Å². The molecule has 12 nitrogen and oxygen atoms in total. The minimum atomic E-state index is -1.00. The first kappa shape index (κ1) is 28.3. The lowest BCUT2D eigenvalue weighted by Crippen LogP contribution is -2.49. The summed E-state index contributed by atoms with van der Waals surface area (Å²) in [6.07, 6.45) is 6.45. The van der Waals surface area contributed by atoms with Gasteiger partial charge in [-0.05, 0) is 6.42 Å². The first-order valence-corrected chi connectivity index (χ1v) is 10.9. The zero-order valence-corrected chi connectivity index (χ0v) is 18.9. The van der Waals surface area contributed by atoms with Gasteiger partial charge in [0, 0.05) is 65.3 Å². The van der Waals surface area contributed by atoms with Crippen LogP contribution < -0.4 is 5.32 Å². The molecule has 0 saturated carbocycles. The summed E-state index contributed by atoms with van der Waals surface area (Å²) in [7, 11) is 0. The Balaban J connectivity index is 2.87. The number of unbranched alkanes of at least 4 members (excludes halogenated alkanes) is 1. The summed E-state index contributed by atoms with van der Waals surface area (Å²) in [6, 6.07) is 0. The van der Waals surface area contributed by atoms with Gasteiger partial charge in [0.15, 0.2) is 0 Å². The van der Waals surface area contributed by atoms with Gasteiger partial charge in [-0.3, -0.25) is 38.8 Å². The Kier molecular flexibility index (Phi) is 13.7. The molecular weight excluding hydrogens is 434 g/mol. The smallest absolute Gasteiger partial charge is 0.317 e. The van der Waals surface area contributed by atoms with Crippen LogP contribution in [0.4, 0.5) is 0 Å². The van der Waals surface area contributed by atoms with E-state index in [0.717, 1.165) is 0 Å². The maximum atomic E-state index is 12.3. The van der Waals surface area contributed by atoms with Crippen molar-refractivity contribution in [2.75, 3.05) is 85.1 Å². The Morgan fingerprint density at radius 3 is 1.30 bits per heavy atom. The molecule has 1 fully saturated rings. The van der Waals surface area contributed by atoms with Crippen molar-refractivity contribution in [3.05, 3.63) is 0 Å². The molecule has 0 aliphatic carbocycles. The molecule has 12 heteroatoms. The number of aliphatic carboxylic acids is 3. The molecule has 1 amide bonds. The van der Waals surface area contributed by atoms with E-state index in [2.05, 4.69) is 11.2 Å². The Hall–Kier alpha value is -2.72. The number of amides is 1. The van der Waals surface area contributed by atoms with Crippen molar-refractivity contribution < 1.29 is 34.5 Å². The number of hydrogen-bond donors (Lipinski definition) is 4. The van der Waals surface area contributed by atoms with Crippen LogP contribution in [0.25, 0.3) is 0 Å². The van der Waals surface area contributed by atoms with E-state index in [9.17, 15) is 34.5 Å². The van der Waals surface area contributed by atoms with E-state index in [-0.39, 0.29) is 32.1 Å². The van der Waals surface area contributed by atoms with Gasteiger partial charge in [-0.2, -0.15) is 0 Å². The van der Waals surface area contributed by atoms with Crippen LogP contribution in [-0.2, 0) is 19.2 Å². The second kappa shape index (κ2) is 16.0. The Labute approximate surface area is 194 Å². The Morgan fingerprint density at radius 2 is 1.00 bits per heavy atom. The van der Waals surface area contributed by atoms with Crippen molar-refractivity contribution in [1.29, 1.82) is 0 Å². The highest BCUT2D eigenvalue weighted by Crippen LogP contribution is 2.01. The molecule has 0 aromatic heterocycles. The predicted octanol–water partition coefficient (Wildman–Crippen LogP) is -2.01. The molecular formula is C21H35N5O7. The van der Waals surface area contributed by atoms with Crippen LogP contribution in [0.2, 0.25) is 0 Å². The lowest BCUT2D eigenvalue weighted by atomic mass is 10.3. The molecule has 0 aromatic carbocycles. The summed E-state index contributed by atoms with van der Waals surface area (Å²) in [5.74, 6) is -0.649. The highest BCUT2D eigenvalue weighted by molar-refractivity contribution is 5.78. The molecule has 0 unspecified atom stereocenters. The average Bonchev–Trinajstić information content (AvgIpc) is 2.72. The normalized spacial score (nSPS) is 17.9. The molecule has 0 bridgehead atoms. The second-order valence-corrected chi connectivity index (χ2v) is 7.94. The van der Waals surface area contributed by atoms with Gasteiger partial charge in [0.2, 0.25) is 5.91 Å². The summed E-state index contributed by atoms with van der Waals surface area (Å²) in [5, 5.41) is 30.4. The number of carbonyl (C=O) groups excluding carboxylic acids is 1. The van der Waals surface area contributed by atoms with Crippen LogP contribution in [0.3, 0.4) is 0 Å². The van der Waals surface area contributed by atoms with Gasteiger partial charge in [-0.25, -0.2) is 0 Å². The molecule has 1 rings (SSSR count). The number of nitrogens with one attached hydrogen (secondary N) is 1. The average molecular weight is 470 g/mol. The third-order valence-corrected chi connectivity index (χ3v) is 5.19. The maximum Gasteiger partial charge on any atom is 0.317 e. The van der Waals surface area contributed by atoms with Crippen molar-refractivity contribution in [3.8, 4) is 12.3 Å². The van der Waals surface area contributed by atoms with Gasteiger partial charge >= 0.3 is 17.9 Å². The number of terminal acetylenes is 1. The number of carboxylic acid groups (broad SMARTS) is 3. The highest BCUT2D eigenvalue weighted by atomic mass is 16.4. The van der Waals surface area contributed by atoms with Crippen molar-refractivity contribution in [2.24, 2.45) is 0 Å². The zero-order chi connectivity index (χ0) is 24.6. The number of nitrogens with zero attached hydrogens (tertiary/aromatic N) is 4. The number of rotatable bonds is 11. The SMILES string of the molecule is C#CCCCNC(=O)CN1CCN(CC(=O)O)CCN(CC(=O)O)CCN(CC(=O)O)CC1. The van der Waals surface area contributed by atoms with Gasteiger partial charge in [0.1, 0.15) is 0 Å².